The minimum atomic E-state index is -0.497. The maximum Gasteiger partial charge on any atom is 0.341 e. The Morgan fingerprint density at radius 1 is 1.08 bits per heavy atom. The van der Waals surface area contributed by atoms with Gasteiger partial charge in [-0.3, -0.25) is 4.79 Å². The van der Waals surface area contributed by atoms with E-state index in [0.717, 1.165) is 28.0 Å². The number of ether oxygens (including phenoxy) is 2. The molecule has 1 N–H and O–H groups in total. The number of hydrogen-bond acceptors (Lipinski definition) is 8. The Hall–Kier alpha value is -3.63. The second-order valence-electron chi connectivity index (χ2n) is 7.83. The van der Waals surface area contributed by atoms with Crippen LogP contribution in [0, 0.1) is 6.92 Å². The second-order valence-corrected chi connectivity index (χ2v) is 9.65. The SMILES string of the molecule is CCn1c(SCC(=O)Nc2scc(-c3ccc(C)cc3)c2C(=O)OC)nnc1-c1cccc(OC)c1. The lowest BCUT2D eigenvalue weighted by Gasteiger charge is -2.09. The Bertz CT molecular complexity index is 1380. The van der Waals surface area contributed by atoms with Crippen molar-refractivity contribution >= 4 is 40.0 Å². The molecule has 0 spiro atoms. The summed E-state index contributed by atoms with van der Waals surface area (Å²) in [5.41, 5.74) is 3.96. The molecule has 0 fully saturated rings. The molecule has 0 saturated heterocycles. The van der Waals surface area contributed by atoms with E-state index < -0.39 is 5.97 Å². The van der Waals surface area contributed by atoms with Gasteiger partial charge in [-0.1, -0.05) is 53.7 Å². The van der Waals surface area contributed by atoms with E-state index in [9.17, 15) is 9.59 Å². The summed E-state index contributed by atoms with van der Waals surface area (Å²) in [5, 5.41) is 14.4. The first-order chi connectivity index (χ1) is 17.4. The van der Waals surface area contributed by atoms with E-state index in [-0.39, 0.29) is 11.7 Å². The number of amides is 1. The first-order valence-corrected chi connectivity index (χ1v) is 13.1. The number of aryl methyl sites for hydroxylation is 1. The van der Waals surface area contributed by atoms with Crippen molar-refractivity contribution in [2.24, 2.45) is 0 Å². The topological polar surface area (TPSA) is 95.3 Å². The molecule has 0 radical (unpaired) electrons. The summed E-state index contributed by atoms with van der Waals surface area (Å²) in [4.78, 5) is 25.4. The lowest BCUT2D eigenvalue weighted by molar-refractivity contribution is -0.113. The van der Waals surface area contributed by atoms with E-state index in [1.807, 2.05) is 72.3 Å². The van der Waals surface area contributed by atoms with Gasteiger partial charge in [-0.15, -0.1) is 21.5 Å². The normalized spacial score (nSPS) is 10.8. The molecule has 36 heavy (non-hydrogen) atoms. The maximum atomic E-state index is 12.8. The first-order valence-electron chi connectivity index (χ1n) is 11.2. The highest BCUT2D eigenvalue weighted by atomic mass is 32.2. The molecule has 0 bridgehead atoms. The summed E-state index contributed by atoms with van der Waals surface area (Å²) in [6, 6.07) is 15.5. The number of benzene rings is 2. The number of esters is 1. The van der Waals surface area contributed by atoms with Crippen molar-refractivity contribution in [3.05, 3.63) is 65.0 Å². The minimum absolute atomic E-state index is 0.106. The quantitative estimate of drug-likeness (QED) is 0.228. The lowest BCUT2D eigenvalue weighted by Crippen LogP contribution is -2.16. The second kappa shape index (κ2) is 11.4. The molecule has 8 nitrogen and oxygen atoms in total. The molecular formula is C26H26N4O4S2. The van der Waals surface area contributed by atoms with Gasteiger partial charge in [0, 0.05) is 23.1 Å². The number of aromatic nitrogens is 3. The zero-order chi connectivity index (χ0) is 25.7. The van der Waals surface area contributed by atoms with Crippen LogP contribution in [0.2, 0.25) is 0 Å². The summed E-state index contributed by atoms with van der Waals surface area (Å²) < 4.78 is 12.3. The molecule has 4 rings (SSSR count). The number of thiophene rings is 1. The third-order valence-corrected chi connectivity index (χ3v) is 7.35. The Morgan fingerprint density at radius 2 is 1.86 bits per heavy atom. The standard InChI is InChI=1S/C26H26N4O4S2/c1-5-30-23(18-7-6-8-19(13-18)33-3)28-29-26(30)36-15-21(31)27-24-22(25(32)34-4)20(14-35-24)17-11-9-16(2)10-12-17/h6-14H,5,15H2,1-4H3,(H,27,31). The van der Waals surface area contributed by atoms with Gasteiger partial charge in [0.05, 0.1) is 20.0 Å². The summed E-state index contributed by atoms with van der Waals surface area (Å²) in [6.07, 6.45) is 0. The van der Waals surface area contributed by atoms with Gasteiger partial charge in [0.25, 0.3) is 0 Å². The number of carbonyl (C=O) groups excluding carboxylic acids is 2. The molecule has 10 heteroatoms. The summed E-state index contributed by atoms with van der Waals surface area (Å²) >= 11 is 2.58. The average molecular weight is 523 g/mol. The monoisotopic (exact) mass is 522 g/mol. The summed E-state index contributed by atoms with van der Waals surface area (Å²) in [7, 11) is 2.95. The molecule has 2 heterocycles. The van der Waals surface area contributed by atoms with Gasteiger partial charge in [-0.2, -0.15) is 0 Å². The van der Waals surface area contributed by atoms with Gasteiger partial charge in [0.2, 0.25) is 5.91 Å². The third-order valence-electron chi connectivity index (χ3n) is 5.49. The maximum absolute atomic E-state index is 12.8. The fraction of sp³-hybridized carbons (Fsp3) is 0.231. The molecule has 0 aliphatic heterocycles. The van der Waals surface area contributed by atoms with Crippen LogP contribution in [0.3, 0.4) is 0 Å². The van der Waals surface area contributed by atoms with Crippen molar-refractivity contribution in [3.8, 4) is 28.3 Å². The van der Waals surface area contributed by atoms with Crippen molar-refractivity contribution in [1.29, 1.82) is 0 Å². The molecule has 0 aliphatic rings. The molecule has 1 amide bonds. The number of nitrogens with zero attached hydrogens (tertiary/aromatic N) is 3. The molecule has 186 valence electrons. The molecule has 0 saturated carbocycles. The van der Waals surface area contributed by atoms with Gasteiger partial charge in [0.1, 0.15) is 16.3 Å². The Kier molecular flexibility index (Phi) is 8.07. The molecule has 0 aliphatic carbocycles. The Balaban J connectivity index is 1.50. The highest BCUT2D eigenvalue weighted by Gasteiger charge is 2.23. The van der Waals surface area contributed by atoms with Crippen molar-refractivity contribution in [2.45, 2.75) is 25.5 Å². The number of methoxy groups -OCH3 is 2. The van der Waals surface area contributed by atoms with Crippen molar-refractivity contribution in [3.63, 3.8) is 0 Å². The van der Waals surface area contributed by atoms with E-state index >= 15 is 0 Å². The average Bonchev–Trinajstić information content (AvgIpc) is 3.51. The van der Waals surface area contributed by atoms with Gasteiger partial charge in [0.15, 0.2) is 11.0 Å². The minimum Gasteiger partial charge on any atom is -0.497 e. The molecule has 2 aromatic heterocycles. The predicted molar refractivity (Wildman–Crippen MR) is 143 cm³/mol. The van der Waals surface area contributed by atoms with Crippen LogP contribution in [0.4, 0.5) is 5.00 Å². The molecule has 4 aromatic rings. The number of carbonyl (C=O) groups is 2. The fourth-order valence-corrected chi connectivity index (χ4v) is 5.43. The van der Waals surface area contributed by atoms with Crippen LogP contribution >= 0.6 is 23.1 Å². The molecule has 0 unspecified atom stereocenters. The van der Waals surface area contributed by atoms with Crippen molar-refractivity contribution in [1.82, 2.24) is 14.8 Å². The van der Waals surface area contributed by atoms with Crippen LogP contribution in [0.1, 0.15) is 22.8 Å². The fourth-order valence-electron chi connectivity index (χ4n) is 3.65. The smallest absolute Gasteiger partial charge is 0.341 e. The van der Waals surface area contributed by atoms with Gasteiger partial charge >= 0.3 is 5.97 Å². The number of thioether (sulfide) groups is 1. The number of rotatable bonds is 9. The molecule has 0 atom stereocenters. The summed E-state index contributed by atoms with van der Waals surface area (Å²) in [6.45, 7) is 4.64. The zero-order valence-corrected chi connectivity index (χ0v) is 22.0. The Morgan fingerprint density at radius 3 is 2.56 bits per heavy atom. The highest BCUT2D eigenvalue weighted by Crippen LogP contribution is 2.36. The van der Waals surface area contributed by atoms with Gasteiger partial charge in [-0.05, 0) is 31.5 Å². The van der Waals surface area contributed by atoms with Crippen LogP contribution in [0.25, 0.3) is 22.5 Å². The third kappa shape index (κ3) is 5.44. The van der Waals surface area contributed by atoms with Crippen LogP contribution in [-0.4, -0.2) is 46.6 Å². The van der Waals surface area contributed by atoms with Crippen LogP contribution in [-0.2, 0) is 16.1 Å². The first kappa shape index (κ1) is 25.5. The van der Waals surface area contributed by atoms with Crippen LogP contribution in [0.5, 0.6) is 5.75 Å². The van der Waals surface area contributed by atoms with E-state index in [1.165, 1.54) is 30.2 Å². The predicted octanol–water partition coefficient (Wildman–Crippen LogP) is 5.53. The molecule has 2 aromatic carbocycles. The van der Waals surface area contributed by atoms with E-state index in [1.54, 1.807) is 7.11 Å². The van der Waals surface area contributed by atoms with E-state index in [0.29, 0.717) is 28.1 Å². The van der Waals surface area contributed by atoms with Crippen molar-refractivity contribution in [2.75, 3.05) is 25.3 Å². The lowest BCUT2D eigenvalue weighted by atomic mass is 10.0. The van der Waals surface area contributed by atoms with Gasteiger partial charge < -0.3 is 19.4 Å². The van der Waals surface area contributed by atoms with Crippen LogP contribution < -0.4 is 10.1 Å². The highest BCUT2D eigenvalue weighted by molar-refractivity contribution is 7.99. The van der Waals surface area contributed by atoms with Gasteiger partial charge in [-0.25, -0.2) is 4.79 Å². The Labute approximate surface area is 217 Å². The number of anilines is 1. The van der Waals surface area contributed by atoms with Crippen LogP contribution in [0.15, 0.2) is 59.1 Å². The van der Waals surface area contributed by atoms with E-state index in [2.05, 4.69) is 15.5 Å². The number of nitrogens with one attached hydrogen (secondary N) is 1. The summed E-state index contributed by atoms with van der Waals surface area (Å²) in [5.74, 6) is 0.788. The van der Waals surface area contributed by atoms with E-state index in [4.69, 9.17) is 9.47 Å². The molecular weight excluding hydrogens is 496 g/mol. The van der Waals surface area contributed by atoms with Crippen molar-refractivity contribution < 1.29 is 19.1 Å². The number of hydrogen-bond donors (Lipinski definition) is 1. The largest absolute Gasteiger partial charge is 0.497 e. The zero-order valence-electron chi connectivity index (χ0n) is 20.4.